The molecule has 0 atom stereocenters. The molecule has 0 aliphatic carbocycles. The van der Waals surface area contributed by atoms with Gasteiger partial charge in [0.1, 0.15) is 11.4 Å². The number of nitrogens with one attached hydrogen (secondary N) is 1. The Hall–Kier alpha value is -3.07. The summed E-state index contributed by atoms with van der Waals surface area (Å²) < 4.78 is 5.21. The van der Waals surface area contributed by atoms with Gasteiger partial charge in [0, 0.05) is 22.0 Å². The van der Waals surface area contributed by atoms with Crippen LogP contribution in [0.5, 0.6) is 5.75 Å². The number of rotatable bonds is 7. The normalized spacial score (nSPS) is 11.6. The average molecular weight is 370 g/mol. The number of aryl methyl sites for hydroxylation is 1. The lowest BCUT2D eigenvalue weighted by Gasteiger charge is -2.00. The second-order valence-electron chi connectivity index (χ2n) is 7.19. The zero-order valence-electron chi connectivity index (χ0n) is 16.5. The van der Waals surface area contributed by atoms with Gasteiger partial charge in [0.05, 0.1) is 7.11 Å². The topological polar surface area (TPSA) is 37.9 Å². The van der Waals surface area contributed by atoms with Crippen LogP contribution in [0.25, 0.3) is 34.1 Å². The zero-order chi connectivity index (χ0) is 19.3. The van der Waals surface area contributed by atoms with Crippen molar-refractivity contribution in [1.82, 2.24) is 9.97 Å². The molecule has 4 aromatic rings. The first-order valence-electron chi connectivity index (χ1n) is 10.0. The van der Waals surface area contributed by atoms with Crippen LogP contribution in [0.15, 0.2) is 54.6 Å². The monoisotopic (exact) mass is 370 g/mol. The van der Waals surface area contributed by atoms with Gasteiger partial charge in [-0.05, 0) is 60.4 Å². The molecule has 1 N–H and O–H groups in total. The van der Waals surface area contributed by atoms with Gasteiger partial charge in [0.2, 0.25) is 0 Å². The van der Waals surface area contributed by atoms with Gasteiger partial charge in [-0.15, -0.1) is 0 Å². The van der Waals surface area contributed by atoms with Crippen molar-refractivity contribution >= 4 is 34.1 Å². The molecule has 0 radical (unpaired) electrons. The maximum Gasteiger partial charge on any atom is 0.138 e. The quantitative estimate of drug-likeness (QED) is 0.293. The second kappa shape index (κ2) is 8.30. The van der Waals surface area contributed by atoms with Crippen LogP contribution >= 0.6 is 0 Å². The van der Waals surface area contributed by atoms with Crippen molar-refractivity contribution in [3.05, 3.63) is 71.4 Å². The second-order valence-corrected chi connectivity index (χ2v) is 7.19. The van der Waals surface area contributed by atoms with Crippen molar-refractivity contribution in [2.45, 2.75) is 32.6 Å². The summed E-state index contributed by atoms with van der Waals surface area (Å²) in [5.41, 5.74) is 5.62. The van der Waals surface area contributed by atoms with Gasteiger partial charge < -0.3 is 9.72 Å². The minimum Gasteiger partial charge on any atom is -0.497 e. The minimum absolute atomic E-state index is 0.874. The molecule has 2 aromatic heterocycles. The van der Waals surface area contributed by atoms with Gasteiger partial charge in [-0.2, -0.15) is 0 Å². The van der Waals surface area contributed by atoms with E-state index in [2.05, 4.69) is 66.5 Å². The maximum absolute atomic E-state index is 5.21. The minimum atomic E-state index is 0.874. The summed E-state index contributed by atoms with van der Waals surface area (Å²) in [5, 5.41) is 2.41. The van der Waals surface area contributed by atoms with E-state index in [1.54, 1.807) is 7.11 Å². The van der Waals surface area contributed by atoms with Crippen LogP contribution in [-0.4, -0.2) is 17.1 Å². The predicted octanol–water partition coefficient (Wildman–Crippen LogP) is 6.63. The fourth-order valence-electron chi connectivity index (χ4n) is 3.54. The van der Waals surface area contributed by atoms with Crippen LogP contribution in [-0.2, 0) is 6.42 Å². The van der Waals surface area contributed by atoms with Crippen molar-refractivity contribution in [2.75, 3.05) is 7.11 Å². The van der Waals surface area contributed by atoms with Gasteiger partial charge in [-0.25, -0.2) is 4.98 Å². The number of hydrogen-bond acceptors (Lipinski definition) is 2. The SMILES string of the molecule is CCCCCc1ccc2c(n1)[nH]c1ccc(C=Cc3ccc(OC)cc3)cc12. The van der Waals surface area contributed by atoms with E-state index in [4.69, 9.17) is 9.72 Å². The van der Waals surface area contributed by atoms with Crippen LogP contribution in [0.1, 0.15) is 43.0 Å². The number of methoxy groups -OCH3 is 1. The van der Waals surface area contributed by atoms with Crippen molar-refractivity contribution in [2.24, 2.45) is 0 Å². The van der Waals surface area contributed by atoms with Crippen molar-refractivity contribution in [1.29, 1.82) is 0 Å². The van der Waals surface area contributed by atoms with E-state index in [1.165, 1.54) is 41.3 Å². The molecule has 0 amide bonds. The van der Waals surface area contributed by atoms with Crippen molar-refractivity contribution in [3.8, 4) is 5.75 Å². The Balaban J connectivity index is 1.60. The van der Waals surface area contributed by atoms with Crippen LogP contribution in [0.4, 0.5) is 0 Å². The zero-order valence-corrected chi connectivity index (χ0v) is 16.5. The van der Waals surface area contributed by atoms with E-state index in [9.17, 15) is 0 Å². The number of aromatic nitrogens is 2. The molecule has 0 aliphatic heterocycles. The number of ether oxygens (including phenoxy) is 1. The third kappa shape index (κ3) is 3.94. The van der Waals surface area contributed by atoms with E-state index in [-0.39, 0.29) is 0 Å². The summed E-state index contributed by atoms with van der Waals surface area (Å²) in [6, 6.07) is 19.0. The van der Waals surface area contributed by atoms with E-state index >= 15 is 0 Å². The third-order valence-corrected chi connectivity index (χ3v) is 5.16. The Morgan fingerprint density at radius 2 is 1.68 bits per heavy atom. The summed E-state index contributed by atoms with van der Waals surface area (Å²) in [6.07, 6.45) is 9.02. The van der Waals surface area contributed by atoms with Gasteiger partial charge in [-0.3, -0.25) is 0 Å². The summed E-state index contributed by atoms with van der Waals surface area (Å²) >= 11 is 0. The number of H-pyrrole nitrogens is 1. The molecule has 4 rings (SSSR count). The van der Waals surface area contributed by atoms with Crippen LogP contribution in [0.2, 0.25) is 0 Å². The lowest BCUT2D eigenvalue weighted by molar-refractivity contribution is 0.415. The Labute approximate surface area is 166 Å². The number of nitrogens with zero attached hydrogens (tertiary/aromatic N) is 1. The van der Waals surface area contributed by atoms with Crippen molar-refractivity contribution < 1.29 is 4.74 Å². The summed E-state index contributed by atoms with van der Waals surface area (Å²) in [4.78, 5) is 8.31. The summed E-state index contributed by atoms with van der Waals surface area (Å²) in [6.45, 7) is 2.23. The standard InChI is InChI=1S/C25H26N2O/c1-3-4-5-6-20-12-15-22-23-17-19(11-16-24(23)27-25(22)26-20)8-7-18-9-13-21(28-2)14-10-18/h7-17H,3-6H2,1-2H3,(H,26,27). The van der Waals surface area contributed by atoms with Crippen LogP contribution in [0, 0.1) is 0 Å². The van der Waals surface area contributed by atoms with Crippen LogP contribution < -0.4 is 4.74 Å². The van der Waals surface area contributed by atoms with E-state index in [1.807, 2.05) is 12.1 Å². The summed E-state index contributed by atoms with van der Waals surface area (Å²) in [7, 11) is 1.68. The number of hydrogen-bond donors (Lipinski definition) is 1. The first-order chi connectivity index (χ1) is 13.8. The molecular weight excluding hydrogens is 344 g/mol. The van der Waals surface area contributed by atoms with Gasteiger partial charge >= 0.3 is 0 Å². The number of unbranched alkanes of at least 4 members (excludes halogenated alkanes) is 2. The Morgan fingerprint density at radius 1 is 0.893 bits per heavy atom. The molecular formula is C25H26N2O. The Morgan fingerprint density at radius 3 is 2.46 bits per heavy atom. The number of aromatic amines is 1. The van der Waals surface area contributed by atoms with Gasteiger partial charge in [0.15, 0.2) is 0 Å². The molecule has 0 saturated carbocycles. The van der Waals surface area contributed by atoms with Gasteiger partial charge in [0.25, 0.3) is 0 Å². The van der Waals surface area contributed by atoms with Crippen LogP contribution in [0.3, 0.4) is 0 Å². The number of pyridine rings is 1. The number of fused-ring (bicyclic) bond motifs is 3. The van der Waals surface area contributed by atoms with Crippen molar-refractivity contribution in [3.63, 3.8) is 0 Å². The molecule has 3 nitrogen and oxygen atoms in total. The highest BCUT2D eigenvalue weighted by Crippen LogP contribution is 2.26. The Kier molecular flexibility index (Phi) is 5.43. The van der Waals surface area contributed by atoms with E-state index in [0.29, 0.717) is 0 Å². The molecule has 0 unspecified atom stereocenters. The highest BCUT2D eigenvalue weighted by atomic mass is 16.5. The fraction of sp³-hybridized carbons (Fsp3) is 0.240. The third-order valence-electron chi connectivity index (χ3n) is 5.16. The van der Waals surface area contributed by atoms with E-state index in [0.717, 1.165) is 28.9 Å². The molecule has 0 aliphatic rings. The van der Waals surface area contributed by atoms with E-state index < -0.39 is 0 Å². The van der Waals surface area contributed by atoms with Gasteiger partial charge in [-0.1, -0.05) is 50.1 Å². The molecule has 142 valence electrons. The summed E-state index contributed by atoms with van der Waals surface area (Å²) in [5.74, 6) is 0.874. The molecule has 0 bridgehead atoms. The lowest BCUT2D eigenvalue weighted by atomic mass is 10.1. The first kappa shape index (κ1) is 18.3. The maximum atomic E-state index is 5.21. The smallest absolute Gasteiger partial charge is 0.138 e. The highest BCUT2D eigenvalue weighted by molar-refractivity contribution is 6.06. The average Bonchev–Trinajstić information content (AvgIpc) is 3.10. The molecule has 0 spiro atoms. The first-order valence-corrected chi connectivity index (χ1v) is 10.0. The molecule has 0 fully saturated rings. The molecule has 28 heavy (non-hydrogen) atoms. The largest absolute Gasteiger partial charge is 0.497 e. The molecule has 0 saturated heterocycles. The number of benzene rings is 2. The highest BCUT2D eigenvalue weighted by Gasteiger charge is 2.07. The molecule has 2 aromatic carbocycles. The fourth-order valence-corrected chi connectivity index (χ4v) is 3.54. The molecule has 3 heteroatoms. The Bertz CT molecular complexity index is 1110. The predicted molar refractivity (Wildman–Crippen MR) is 119 cm³/mol. The lowest BCUT2D eigenvalue weighted by Crippen LogP contribution is -1.90. The molecule has 2 heterocycles.